The van der Waals surface area contributed by atoms with E-state index in [1.807, 2.05) is 0 Å². The van der Waals surface area contributed by atoms with Crippen LogP contribution in [-0.4, -0.2) is 8.07 Å². The summed E-state index contributed by atoms with van der Waals surface area (Å²) in [5.41, 5.74) is 6.65. The van der Waals surface area contributed by atoms with Crippen molar-refractivity contribution in [2.24, 2.45) is 0 Å². The minimum Gasteiger partial charge on any atom is -0.0807 e. The zero-order chi connectivity index (χ0) is 14.6. The molecule has 0 unspecified atom stereocenters. The third-order valence-electron chi connectivity index (χ3n) is 5.28. The van der Waals surface area contributed by atoms with Crippen LogP contribution in [0, 0.1) is 0 Å². The molecule has 0 radical (unpaired) electrons. The van der Waals surface area contributed by atoms with E-state index in [2.05, 4.69) is 50.0 Å². The van der Waals surface area contributed by atoms with Crippen molar-refractivity contribution in [1.29, 1.82) is 0 Å². The van der Waals surface area contributed by atoms with Gasteiger partial charge in [0.25, 0.3) is 0 Å². The summed E-state index contributed by atoms with van der Waals surface area (Å²) in [6.45, 7) is 7.34. The molecule has 21 heavy (non-hydrogen) atoms. The zero-order valence-electron chi connectivity index (χ0n) is 13.4. The molecular formula is C20H24Si. The Labute approximate surface area is 128 Å². The smallest absolute Gasteiger partial charge is 0.0776 e. The Hall–Kier alpha value is -1.34. The molecule has 108 valence electrons. The van der Waals surface area contributed by atoms with Crippen LogP contribution in [0.3, 0.4) is 0 Å². The summed E-state index contributed by atoms with van der Waals surface area (Å²) < 4.78 is 0. The van der Waals surface area contributed by atoms with Gasteiger partial charge in [-0.15, -0.1) is 0 Å². The number of allylic oxidation sites excluding steroid dienone is 4. The van der Waals surface area contributed by atoms with Gasteiger partial charge in [-0.2, -0.15) is 0 Å². The van der Waals surface area contributed by atoms with Crippen LogP contribution in [0.2, 0.25) is 19.6 Å². The Morgan fingerprint density at radius 3 is 2.62 bits per heavy atom. The van der Waals surface area contributed by atoms with Crippen molar-refractivity contribution >= 4 is 24.9 Å². The highest BCUT2D eigenvalue weighted by Gasteiger charge is 2.27. The lowest BCUT2D eigenvalue weighted by Crippen LogP contribution is -2.43. The van der Waals surface area contributed by atoms with Gasteiger partial charge in [-0.25, -0.2) is 0 Å². The maximum Gasteiger partial charge on any atom is 0.0776 e. The summed E-state index contributed by atoms with van der Waals surface area (Å²) in [7, 11) is -1.23. The minimum atomic E-state index is -1.23. The highest BCUT2D eigenvalue weighted by atomic mass is 28.3. The Kier molecular flexibility index (Phi) is 2.90. The van der Waals surface area contributed by atoms with Crippen LogP contribution < -0.4 is 15.6 Å². The second-order valence-electron chi connectivity index (χ2n) is 7.69. The van der Waals surface area contributed by atoms with Crippen LogP contribution in [0.15, 0.2) is 41.0 Å². The lowest BCUT2D eigenvalue weighted by atomic mass is 9.92. The number of benzene rings is 1. The molecule has 3 aliphatic carbocycles. The fraction of sp³-hybridized carbons (Fsp3) is 0.400. The standard InChI is InChI=1S/C20H24Si/c1-21(2,3)16-10-8-14-9-11-18-17-7-5-4-6-15(17)12-20(18)19(14)13-16/h6,8-10,13H,4-5,7,11-12H2,1-3H3. The molecule has 0 bridgehead atoms. The average molecular weight is 292 g/mol. The van der Waals surface area contributed by atoms with Gasteiger partial charge in [0.1, 0.15) is 0 Å². The van der Waals surface area contributed by atoms with Crippen molar-refractivity contribution in [1.82, 2.24) is 0 Å². The van der Waals surface area contributed by atoms with Crippen LogP contribution in [0.1, 0.15) is 32.1 Å². The molecule has 0 amide bonds. The quantitative estimate of drug-likeness (QED) is 0.696. The molecule has 1 heteroatoms. The number of hydrogen-bond acceptors (Lipinski definition) is 0. The van der Waals surface area contributed by atoms with Crippen LogP contribution in [0.4, 0.5) is 0 Å². The first-order chi connectivity index (χ1) is 10.0. The Bertz CT molecular complexity index is 797. The van der Waals surface area contributed by atoms with Crippen molar-refractivity contribution in [3.63, 3.8) is 0 Å². The molecule has 0 aliphatic heterocycles. The molecule has 0 fully saturated rings. The summed E-state index contributed by atoms with van der Waals surface area (Å²) in [5, 5.41) is 4.60. The van der Waals surface area contributed by atoms with E-state index in [1.165, 1.54) is 30.9 Å². The summed E-state index contributed by atoms with van der Waals surface area (Å²) >= 11 is 0. The Balaban J connectivity index is 1.99. The van der Waals surface area contributed by atoms with E-state index in [4.69, 9.17) is 0 Å². The molecule has 0 aromatic heterocycles. The van der Waals surface area contributed by atoms with Crippen molar-refractivity contribution in [2.45, 2.75) is 51.7 Å². The van der Waals surface area contributed by atoms with Gasteiger partial charge in [-0.3, -0.25) is 0 Å². The molecule has 1 aromatic rings. The largest absolute Gasteiger partial charge is 0.0807 e. The van der Waals surface area contributed by atoms with E-state index >= 15 is 0 Å². The number of hydrogen-bond donors (Lipinski definition) is 0. The first-order valence-electron chi connectivity index (χ1n) is 8.30. The molecule has 3 aliphatic rings. The molecule has 4 rings (SSSR count). The molecule has 0 heterocycles. The Morgan fingerprint density at radius 1 is 0.952 bits per heavy atom. The summed E-state index contributed by atoms with van der Waals surface area (Å²) in [5.74, 6) is 0. The molecule has 0 saturated carbocycles. The third-order valence-corrected chi connectivity index (χ3v) is 7.32. The van der Waals surface area contributed by atoms with Gasteiger partial charge in [-0.1, -0.05) is 55.2 Å². The van der Waals surface area contributed by atoms with Gasteiger partial charge in [0.2, 0.25) is 0 Å². The molecule has 1 aromatic carbocycles. The predicted molar refractivity (Wildman–Crippen MR) is 94.7 cm³/mol. The SMILES string of the molecule is C[Si](C)(C)c1ccc2c(c1)=C1CC3=CCCCC3=C1CC=2. The van der Waals surface area contributed by atoms with Crippen LogP contribution in [0.5, 0.6) is 0 Å². The molecular weight excluding hydrogens is 268 g/mol. The first kappa shape index (κ1) is 13.3. The van der Waals surface area contributed by atoms with Crippen molar-refractivity contribution in [3.05, 3.63) is 51.4 Å². The molecule has 0 nitrogen and oxygen atoms in total. The van der Waals surface area contributed by atoms with Crippen LogP contribution >= 0.6 is 0 Å². The van der Waals surface area contributed by atoms with Gasteiger partial charge in [-0.05, 0) is 64.8 Å². The zero-order valence-corrected chi connectivity index (χ0v) is 14.4. The van der Waals surface area contributed by atoms with E-state index in [0.717, 1.165) is 6.42 Å². The molecule has 0 spiro atoms. The van der Waals surface area contributed by atoms with Crippen LogP contribution in [0.25, 0.3) is 11.6 Å². The fourth-order valence-electron chi connectivity index (χ4n) is 4.02. The van der Waals surface area contributed by atoms with E-state index in [-0.39, 0.29) is 0 Å². The number of rotatable bonds is 1. The summed E-state index contributed by atoms with van der Waals surface area (Å²) in [4.78, 5) is 0. The highest BCUT2D eigenvalue weighted by Crippen LogP contribution is 2.43. The van der Waals surface area contributed by atoms with E-state index in [9.17, 15) is 0 Å². The molecule has 0 N–H and O–H groups in total. The topological polar surface area (TPSA) is 0 Å². The normalized spacial score (nSPS) is 20.5. The van der Waals surface area contributed by atoms with Gasteiger partial charge >= 0.3 is 0 Å². The third kappa shape index (κ3) is 2.10. The highest BCUT2D eigenvalue weighted by molar-refractivity contribution is 6.88. The second kappa shape index (κ2) is 4.57. The van der Waals surface area contributed by atoms with Gasteiger partial charge in [0.05, 0.1) is 8.07 Å². The Morgan fingerprint density at radius 2 is 1.81 bits per heavy atom. The van der Waals surface area contributed by atoms with Gasteiger partial charge < -0.3 is 0 Å². The monoisotopic (exact) mass is 292 g/mol. The molecule has 0 atom stereocenters. The molecule has 0 saturated heterocycles. The summed E-state index contributed by atoms with van der Waals surface area (Å²) in [6.07, 6.45) is 11.2. The van der Waals surface area contributed by atoms with E-state index in [1.54, 1.807) is 32.7 Å². The predicted octanol–water partition coefficient (Wildman–Crippen LogP) is 3.38. The minimum absolute atomic E-state index is 1.15. The lowest BCUT2D eigenvalue weighted by molar-refractivity contribution is 0.798. The maximum absolute atomic E-state index is 2.52. The second-order valence-corrected chi connectivity index (χ2v) is 12.8. The average Bonchev–Trinajstić information content (AvgIpc) is 2.84. The first-order valence-corrected chi connectivity index (χ1v) is 11.8. The summed E-state index contributed by atoms with van der Waals surface area (Å²) in [6, 6.07) is 7.26. The van der Waals surface area contributed by atoms with Crippen LogP contribution in [-0.2, 0) is 0 Å². The van der Waals surface area contributed by atoms with Crippen molar-refractivity contribution < 1.29 is 0 Å². The number of fused-ring (bicyclic) bond motifs is 3. The lowest BCUT2D eigenvalue weighted by Gasteiger charge is -2.18. The van der Waals surface area contributed by atoms with Crippen molar-refractivity contribution in [3.8, 4) is 0 Å². The van der Waals surface area contributed by atoms with Gasteiger partial charge in [0.15, 0.2) is 0 Å². The maximum atomic E-state index is 2.52. The van der Waals surface area contributed by atoms with Gasteiger partial charge in [0, 0.05) is 0 Å². The van der Waals surface area contributed by atoms with Crippen molar-refractivity contribution in [2.75, 3.05) is 0 Å². The van der Waals surface area contributed by atoms with E-state index < -0.39 is 8.07 Å². The fourth-order valence-corrected chi connectivity index (χ4v) is 5.18. The van der Waals surface area contributed by atoms with E-state index in [0.29, 0.717) is 0 Å².